The van der Waals surface area contributed by atoms with Gasteiger partial charge in [0.25, 0.3) is 10.1 Å². The van der Waals surface area contributed by atoms with Crippen LogP contribution in [0.15, 0.2) is 77.7 Å². The van der Waals surface area contributed by atoms with Gasteiger partial charge in [-0.05, 0) is 74.1 Å². The number of quaternary nitrogens is 1. The number of hydrogen-bond donors (Lipinski definition) is 1. The first-order valence-electron chi connectivity index (χ1n) is 12.6. The lowest BCUT2D eigenvalue weighted by Crippen LogP contribution is -2.45. The fourth-order valence-electron chi connectivity index (χ4n) is 4.34. The monoisotopic (exact) mass is 541 g/mol. The molecule has 2 unspecified atom stereocenters. The van der Waals surface area contributed by atoms with Crippen molar-refractivity contribution in [2.24, 2.45) is 0 Å². The molecule has 0 fully saturated rings. The molecule has 0 aliphatic carbocycles. The molecular weight excluding hydrogens is 504 g/mol. The Bertz CT molecular complexity index is 1270. The summed E-state index contributed by atoms with van der Waals surface area (Å²) in [6.07, 6.45) is 3.14. The maximum absolute atomic E-state index is 10.5. The number of hydrogen-bond acceptors (Lipinski definition) is 3. The van der Waals surface area contributed by atoms with Crippen LogP contribution < -0.4 is 0 Å². The van der Waals surface area contributed by atoms with Crippen LogP contribution in [-0.2, 0) is 10.1 Å². The van der Waals surface area contributed by atoms with Gasteiger partial charge < -0.3 is 4.48 Å². The molecule has 0 aromatic heterocycles. The Morgan fingerprint density at radius 1 is 1.00 bits per heavy atom. The van der Waals surface area contributed by atoms with Gasteiger partial charge in [-0.15, -0.1) is 0 Å². The van der Waals surface area contributed by atoms with Crippen LogP contribution in [0, 0.1) is 18.3 Å². The standard InChI is InChI=1S/C23H30ClN2.C7H8O3S/c1-4-15-26(3,5-2)16-9-12-20(18-25)22-14-13-21(24)17-23(22)19-10-7-6-8-11-19;1-6-2-4-7(5-3-6)11(8,9)10/h6-8,10-11,13-14,17,20H,4-5,9,12,15-16H2,1-3H3;2-5H,1H3,(H,8,9,10)/q+1;. The van der Waals surface area contributed by atoms with Crippen LogP contribution in [0.5, 0.6) is 0 Å². The third kappa shape index (κ3) is 9.60. The second-order valence-electron chi connectivity index (χ2n) is 9.59. The van der Waals surface area contributed by atoms with Crippen LogP contribution in [0.2, 0.25) is 5.02 Å². The summed E-state index contributed by atoms with van der Waals surface area (Å²) in [7, 11) is -1.70. The van der Waals surface area contributed by atoms with Crippen molar-refractivity contribution in [3.05, 3.63) is 88.9 Å². The molecule has 3 aromatic carbocycles. The number of aryl methyl sites for hydroxylation is 1. The van der Waals surface area contributed by atoms with Crippen molar-refractivity contribution < 1.29 is 17.5 Å². The number of nitrogens with zero attached hydrogens (tertiary/aromatic N) is 2. The van der Waals surface area contributed by atoms with Crippen LogP contribution in [0.1, 0.15) is 50.2 Å². The molecule has 0 saturated carbocycles. The normalized spacial score (nSPS) is 13.5. The third-order valence-electron chi connectivity index (χ3n) is 6.67. The third-order valence-corrected chi connectivity index (χ3v) is 7.77. The molecule has 0 radical (unpaired) electrons. The van der Waals surface area contributed by atoms with Gasteiger partial charge in [-0.1, -0.05) is 72.6 Å². The summed E-state index contributed by atoms with van der Waals surface area (Å²) >= 11 is 6.25. The molecule has 5 nitrogen and oxygen atoms in total. The van der Waals surface area contributed by atoms with E-state index in [1.54, 1.807) is 12.1 Å². The van der Waals surface area contributed by atoms with E-state index in [2.05, 4.69) is 39.1 Å². The minimum atomic E-state index is -4.02. The molecule has 0 saturated heterocycles. The lowest BCUT2D eigenvalue weighted by molar-refractivity contribution is -0.908. The molecule has 0 heterocycles. The highest BCUT2D eigenvalue weighted by atomic mass is 35.5. The summed E-state index contributed by atoms with van der Waals surface area (Å²) in [5.74, 6) is -0.102. The fourth-order valence-corrected chi connectivity index (χ4v) is 5.00. The smallest absolute Gasteiger partial charge is 0.294 e. The van der Waals surface area contributed by atoms with Gasteiger partial charge in [0, 0.05) is 5.02 Å². The van der Waals surface area contributed by atoms with Gasteiger partial charge >= 0.3 is 0 Å². The van der Waals surface area contributed by atoms with E-state index in [1.165, 1.54) is 25.1 Å². The van der Waals surface area contributed by atoms with Crippen LogP contribution in [-0.4, -0.2) is 44.1 Å². The molecule has 37 heavy (non-hydrogen) atoms. The van der Waals surface area contributed by atoms with Crippen LogP contribution in [0.3, 0.4) is 0 Å². The van der Waals surface area contributed by atoms with Gasteiger partial charge in [0.2, 0.25) is 0 Å². The first kappa shape index (κ1) is 30.5. The second kappa shape index (κ2) is 14.3. The van der Waals surface area contributed by atoms with Crippen molar-refractivity contribution >= 4 is 21.7 Å². The molecule has 0 spiro atoms. The zero-order valence-electron chi connectivity index (χ0n) is 22.2. The summed E-state index contributed by atoms with van der Waals surface area (Å²) in [4.78, 5) is -0.0666. The highest BCUT2D eigenvalue weighted by Gasteiger charge is 2.21. The van der Waals surface area contributed by atoms with Crippen molar-refractivity contribution in [2.75, 3.05) is 26.7 Å². The Morgan fingerprint density at radius 2 is 1.65 bits per heavy atom. The lowest BCUT2D eigenvalue weighted by Gasteiger charge is -2.33. The minimum Gasteiger partial charge on any atom is -0.326 e. The van der Waals surface area contributed by atoms with Crippen molar-refractivity contribution in [3.63, 3.8) is 0 Å². The molecule has 1 N–H and O–H groups in total. The topological polar surface area (TPSA) is 78.2 Å². The lowest BCUT2D eigenvalue weighted by atomic mass is 9.88. The summed E-state index contributed by atoms with van der Waals surface area (Å²) in [5, 5.41) is 10.5. The van der Waals surface area contributed by atoms with E-state index in [1.807, 2.05) is 43.3 Å². The highest BCUT2D eigenvalue weighted by Crippen LogP contribution is 2.34. The van der Waals surface area contributed by atoms with Gasteiger partial charge in [0.05, 0.1) is 43.6 Å². The first-order chi connectivity index (χ1) is 17.5. The number of benzene rings is 3. The molecule has 0 bridgehead atoms. The van der Waals surface area contributed by atoms with Crippen molar-refractivity contribution in [2.45, 2.75) is 50.8 Å². The quantitative estimate of drug-likeness (QED) is 0.213. The minimum absolute atomic E-state index is 0.0666. The Morgan fingerprint density at radius 3 is 2.19 bits per heavy atom. The van der Waals surface area contributed by atoms with E-state index >= 15 is 0 Å². The van der Waals surface area contributed by atoms with E-state index in [9.17, 15) is 13.7 Å². The van der Waals surface area contributed by atoms with Crippen molar-refractivity contribution in [1.29, 1.82) is 5.26 Å². The summed E-state index contributed by atoms with van der Waals surface area (Å²) in [5.41, 5.74) is 4.23. The molecule has 0 aliphatic rings. The number of halogens is 1. The Balaban J connectivity index is 0.000000364. The number of rotatable bonds is 10. The van der Waals surface area contributed by atoms with Gasteiger partial charge in [-0.25, -0.2) is 0 Å². The van der Waals surface area contributed by atoms with Crippen LogP contribution in [0.4, 0.5) is 0 Å². The first-order valence-corrected chi connectivity index (χ1v) is 14.5. The van der Waals surface area contributed by atoms with Gasteiger partial charge in [-0.3, -0.25) is 4.55 Å². The van der Waals surface area contributed by atoms with Crippen LogP contribution >= 0.6 is 11.6 Å². The molecular formula is C30H38ClN2O3S+. The van der Waals surface area contributed by atoms with E-state index < -0.39 is 10.1 Å². The van der Waals surface area contributed by atoms with Gasteiger partial charge in [0.15, 0.2) is 0 Å². The zero-order chi connectivity index (χ0) is 27.5. The predicted octanol–water partition coefficient (Wildman–Crippen LogP) is 7.51. The SMILES string of the molecule is CCC[N+](C)(CC)CCCC(C#N)c1ccc(Cl)cc1-c1ccccc1.Cc1ccc(S(=O)(=O)O)cc1. The van der Waals surface area contributed by atoms with Crippen molar-refractivity contribution in [3.8, 4) is 17.2 Å². The molecule has 3 rings (SSSR count). The Hall–Kier alpha value is -2.69. The zero-order valence-corrected chi connectivity index (χ0v) is 23.8. The van der Waals surface area contributed by atoms with Gasteiger partial charge in [0.1, 0.15) is 0 Å². The summed E-state index contributed by atoms with van der Waals surface area (Å²) in [6, 6.07) is 24.6. The van der Waals surface area contributed by atoms with Crippen molar-refractivity contribution in [1.82, 2.24) is 0 Å². The van der Waals surface area contributed by atoms with E-state index in [0.717, 1.165) is 52.7 Å². The highest BCUT2D eigenvalue weighted by molar-refractivity contribution is 7.85. The van der Waals surface area contributed by atoms with E-state index in [4.69, 9.17) is 16.2 Å². The fraction of sp³-hybridized carbons (Fsp3) is 0.367. The average Bonchev–Trinajstić information content (AvgIpc) is 2.88. The maximum atomic E-state index is 10.5. The van der Waals surface area contributed by atoms with E-state index in [0.29, 0.717) is 5.02 Å². The summed E-state index contributed by atoms with van der Waals surface area (Å²) in [6.45, 7) is 9.80. The Kier molecular flexibility index (Phi) is 11.8. The predicted molar refractivity (Wildman–Crippen MR) is 152 cm³/mol. The molecule has 2 atom stereocenters. The van der Waals surface area contributed by atoms with Gasteiger partial charge in [-0.2, -0.15) is 13.7 Å². The molecule has 0 amide bonds. The molecule has 7 heteroatoms. The average molecular weight is 542 g/mol. The molecule has 0 aliphatic heterocycles. The molecule has 3 aromatic rings. The Labute approximate surface area is 227 Å². The second-order valence-corrected chi connectivity index (χ2v) is 11.5. The summed E-state index contributed by atoms with van der Waals surface area (Å²) < 4.78 is 30.6. The van der Waals surface area contributed by atoms with E-state index in [-0.39, 0.29) is 10.8 Å². The largest absolute Gasteiger partial charge is 0.326 e. The maximum Gasteiger partial charge on any atom is 0.294 e. The molecule has 198 valence electrons. The van der Waals surface area contributed by atoms with Crippen LogP contribution in [0.25, 0.3) is 11.1 Å². The number of nitriles is 1.